The number of amides is 2. The summed E-state index contributed by atoms with van der Waals surface area (Å²) in [6.07, 6.45) is -3.52. The highest BCUT2D eigenvalue weighted by atomic mass is 35.5. The van der Waals surface area contributed by atoms with E-state index in [1.165, 1.54) is 30.5 Å². The maximum Gasteiger partial charge on any atom is 0.418 e. The van der Waals surface area contributed by atoms with Crippen LogP contribution in [-0.4, -0.2) is 18.4 Å². The van der Waals surface area contributed by atoms with Gasteiger partial charge in [-0.2, -0.15) is 13.2 Å². The molecule has 0 spiro atoms. The Hall–Kier alpha value is -3.46. The lowest BCUT2D eigenvalue weighted by atomic mass is 10.1. The molecule has 0 saturated carbocycles. The van der Waals surface area contributed by atoms with Gasteiger partial charge in [0.15, 0.2) is 12.4 Å². The molecule has 2 amide bonds. The third kappa shape index (κ3) is 5.32. The maximum absolute atomic E-state index is 13.5. The molecule has 0 aliphatic rings. The Morgan fingerprint density at radius 3 is 2.47 bits per heavy atom. The van der Waals surface area contributed by atoms with Crippen LogP contribution in [0.3, 0.4) is 0 Å². The quantitative estimate of drug-likeness (QED) is 0.553. The molecule has 6 nitrogen and oxygen atoms in total. The molecule has 0 aliphatic heterocycles. The van der Waals surface area contributed by atoms with Gasteiger partial charge in [-0.3, -0.25) is 9.59 Å². The van der Waals surface area contributed by atoms with E-state index in [9.17, 15) is 22.8 Å². The van der Waals surface area contributed by atoms with Crippen molar-refractivity contribution in [2.75, 3.05) is 17.2 Å². The van der Waals surface area contributed by atoms with Crippen LogP contribution in [0, 0.1) is 0 Å². The standard InChI is InChI=1S/C20H14ClF3N2O4/c21-14-4-1-2-5-16(14)30-11-18(27)26-15-8-7-12(10-13(15)20(22,23)24)25-19(28)17-6-3-9-29-17/h1-10H,11H2,(H,25,28)(H,26,27). The molecule has 2 aromatic carbocycles. The van der Waals surface area contributed by atoms with E-state index in [4.69, 9.17) is 20.8 Å². The van der Waals surface area contributed by atoms with Crippen molar-refractivity contribution in [2.45, 2.75) is 6.18 Å². The Labute approximate surface area is 173 Å². The number of hydrogen-bond acceptors (Lipinski definition) is 4. The highest BCUT2D eigenvalue weighted by molar-refractivity contribution is 6.32. The van der Waals surface area contributed by atoms with Gasteiger partial charge in [-0.1, -0.05) is 23.7 Å². The topological polar surface area (TPSA) is 80.6 Å². The smallest absolute Gasteiger partial charge is 0.418 e. The number of carbonyl (C=O) groups excluding carboxylic acids is 2. The number of benzene rings is 2. The Kier molecular flexibility index (Phi) is 6.31. The molecular formula is C20H14ClF3N2O4. The number of carbonyl (C=O) groups is 2. The summed E-state index contributed by atoms with van der Waals surface area (Å²) < 4.78 is 50.5. The second kappa shape index (κ2) is 8.91. The molecule has 30 heavy (non-hydrogen) atoms. The zero-order valence-electron chi connectivity index (χ0n) is 15.1. The van der Waals surface area contributed by atoms with Crippen molar-refractivity contribution in [1.29, 1.82) is 0 Å². The summed E-state index contributed by atoms with van der Waals surface area (Å²) in [4.78, 5) is 24.0. The van der Waals surface area contributed by atoms with E-state index in [0.29, 0.717) is 6.07 Å². The van der Waals surface area contributed by atoms with Crippen LogP contribution in [0.2, 0.25) is 5.02 Å². The largest absolute Gasteiger partial charge is 0.482 e. The van der Waals surface area contributed by atoms with Gasteiger partial charge in [-0.25, -0.2) is 0 Å². The Morgan fingerprint density at radius 2 is 1.80 bits per heavy atom. The molecule has 156 valence electrons. The number of halogens is 4. The molecule has 0 aliphatic carbocycles. The van der Waals surface area contributed by atoms with Crippen LogP contribution in [0.25, 0.3) is 0 Å². The minimum absolute atomic E-state index is 0.0577. The van der Waals surface area contributed by atoms with Gasteiger partial charge in [-0.05, 0) is 42.5 Å². The minimum Gasteiger partial charge on any atom is -0.482 e. The minimum atomic E-state index is -4.78. The van der Waals surface area contributed by atoms with Gasteiger partial charge in [0.25, 0.3) is 11.8 Å². The van der Waals surface area contributed by atoms with E-state index in [1.807, 2.05) is 0 Å². The first-order valence-corrected chi connectivity index (χ1v) is 8.85. The highest BCUT2D eigenvalue weighted by Gasteiger charge is 2.34. The number of ether oxygens (including phenoxy) is 1. The van der Waals surface area contributed by atoms with Gasteiger partial charge in [0.2, 0.25) is 0 Å². The van der Waals surface area contributed by atoms with Crippen LogP contribution in [0.4, 0.5) is 24.5 Å². The first-order valence-electron chi connectivity index (χ1n) is 8.47. The fraction of sp³-hybridized carbons (Fsp3) is 0.100. The summed E-state index contributed by atoms with van der Waals surface area (Å²) in [5.74, 6) is -1.36. The molecule has 0 bridgehead atoms. The number of nitrogens with one attached hydrogen (secondary N) is 2. The number of alkyl halides is 3. The van der Waals surface area contributed by atoms with Crippen LogP contribution in [0.5, 0.6) is 5.75 Å². The van der Waals surface area contributed by atoms with Gasteiger partial charge in [0.1, 0.15) is 5.75 Å². The molecule has 1 heterocycles. The van der Waals surface area contributed by atoms with Crippen LogP contribution in [0.1, 0.15) is 16.1 Å². The summed E-state index contributed by atoms with van der Waals surface area (Å²) in [6.45, 7) is -0.544. The molecule has 10 heteroatoms. The van der Waals surface area contributed by atoms with Crippen molar-refractivity contribution in [1.82, 2.24) is 0 Å². The third-order valence-electron chi connectivity index (χ3n) is 3.80. The number of rotatable bonds is 6. The molecule has 3 rings (SSSR count). The molecule has 0 radical (unpaired) electrons. The summed E-state index contributed by atoms with van der Waals surface area (Å²) >= 11 is 5.90. The average Bonchev–Trinajstić information content (AvgIpc) is 3.23. The Bertz CT molecular complexity index is 1050. The normalized spacial score (nSPS) is 11.1. The van der Waals surface area contributed by atoms with E-state index < -0.39 is 35.8 Å². The fourth-order valence-electron chi connectivity index (χ4n) is 2.46. The SMILES string of the molecule is O=C(COc1ccccc1Cl)Nc1ccc(NC(=O)c2ccco2)cc1C(F)(F)F. The molecule has 0 fully saturated rings. The van der Waals surface area contributed by atoms with Crippen LogP contribution in [-0.2, 0) is 11.0 Å². The molecule has 3 aromatic rings. The van der Waals surface area contributed by atoms with Gasteiger partial charge < -0.3 is 19.8 Å². The van der Waals surface area contributed by atoms with Crippen molar-refractivity contribution in [2.24, 2.45) is 0 Å². The number of furan rings is 1. The van der Waals surface area contributed by atoms with Gasteiger partial charge in [0, 0.05) is 5.69 Å². The van der Waals surface area contributed by atoms with Gasteiger partial charge in [-0.15, -0.1) is 0 Å². The zero-order valence-corrected chi connectivity index (χ0v) is 15.9. The van der Waals surface area contributed by atoms with Gasteiger partial charge in [0.05, 0.1) is 22.5 Å². The van der Waals surface area contributed by atoms with Gasteiger partial charge >= 0.3 is 6.18 Å². The number of para-hydroxylation sites is 1. The monoisotopic (exact) mass is 438 g/mol. The lowest BCUT2D eigenvalue weighted by Gasteiger charge is -2.16. The summed E-state index contributed by atoms with van der Waals surface area (Å²) in [7, 11) is 0. The fourth-order valence-corrected chi connectivity index (χ4v) is 2.65. The highest BCUT2D eigenvalue weighted by Crippen LogP contribution is 2.36. The first kappa shape index (κ1) is 21.3. The summed E-state index contributed by atoms with van der Waals surface area (Å²) in [5.41, 5.74) is -1.73. The molecule has 0 saturated heterocycles. The lowest BCUT2D eigenvalue weighted by molar-refractivity contribution is -0.137. The van der Waals surface area contributed by atoms with Crippen LogP contribution in [0.15, 0.2) is 65.3 Å². The summed E-state index contributed by atoms with van der Waals surface area (Å²) in [5, 5.41) is 4.72. The predicted molar refractivity (Wildman–Crippen MR) is 104 cm³/mol. The average molecular weight is 439 g/mol. The van der Waals surface area contributed by atoms with E-state index in [1.54, 1.807) is 18.2 Å². The van der Waals surface area contributed by atoms with E-state index in [0.717, 1.165) is 6.07 Å². The molecule has 0 atom stereocenters. The molecule has 0 unspecified atom stereocenters. The lowest BCUT2D eigenvalue weighted by Crippen LogP contribution is -2.22. The summed E-state index contributed by atoms with van der Waals surface area (Å²) in [6, 6.07) is 12.2. The maximum atomic E-state index is 13.5. The second-order valence-corrected chi connectivity index (χ2v) is 6.36. The van der Waals surface area contributed by atoms with Crippen molar-refractivity contribution in [3.8, 4) is 5.75 Å². The predicted octanol–water partition coefficient (Wildman–Crippen LogP) is 5.22. The molecule has 2 N–H and O–H groups in total. The van der Waals surface area contributed by atoms with E-state index in [-0.39, 0.29) is 22.2 Å². The zero-order chi connectivity index (χ0) is 21.7. The van der Waals surface area contributed by atoms with E-state index in [2.05, 4.69) is 10.6 Å². The first-order chi connectivity index (χ1) is 14.2. The van der Waals surface area contributed by atoms with Crippen LogP contribution >= 0.6 is 11.6 Å². The van der Waals surface area contributed by atoms with Crippen molar-refractivity contribution in [3.63, 3.8) is 0 Å². The Balaban J connectivity index is 1.73. The van der Waals surface area contributed by atoms with Crippen LogP contribution < -0.4 is 15.4 Å². The second-order valence-electron chi connectivity index (χ2n) is 5.96. The van der Waals surface area contributed by atoms with Crippen molar-refractivity contribution < 1.29 is 31.9 Å². The Morgan fingerprint density at radius 1 is 1.03 bits per heavy atom. The van der Waals surface area contributed by atoms with Crippen molar-refractivity contribution >= 4 is 34.8 Å². The number of anilines is 2. The molecule has 1 aromatic heterocycles. The van der Waals surface area contributed by atoms with E-state index >= 15 is 0 Å². The molecular weight excluding hydrogens is 425 g/mol. The van der Waals surface area contributed by atoms with Crippen molar-refractivity contribution in [3.05, 3.63) is 77.2 Å². The third-order valence-corrected chi connectivity index (χ3v) is 4.11. The number of hydrogen-bond donors (Lipinski definition) is 2.